The molecule has 4 heterocycles. The minimum atomic E-state index is 0.609. The van der Waals surface area contributed by atoms with E-state index in [0.29, 0.717) is 17.5 Å². The Kier molecular flexibility index (Phi) is 6.83. The van der Waals surface area contributed by atoms with E-state index in [9.17, 15) is 0 Å². The smallest absolute Gasteiger partial charge is 0.164 e. The summed E-state index contributed by atoms with van der Waals surface area (Å²) in [4.78, 5) is 15.1. The second-order valence-corrected chi connectivity index (χ2v) is 14.4. The van der Waals surface area contributed by atoms with Crippen LogP contribution in [0.4, 0.5) is 0 Å². The molecule has 0 bridgehead atoms. The Morgan fingerprint density at radius 2 is 0.860 bits per heavy atom. The molecular formula is C51H31N5O. The number of nitrogens with zero attached hydrogens (tertiary/aromatic N) is 5. The summed E-state index contributed by atoms with van der Waals surface area (Å²) >= 11 is 0. The van der Waals surface area contributed by atoms with Crippen LogP contribution in [0.3, 0.4) is 0 Å². The maximum Gasteiger partial charge on any atom is 0.164 e. The maximum atomic E-state index is 6.91. The number of furan rings is 1. The first-order chi connectivity index (χ1) is 28.3. The normalized spacial score (nSPS) is 11.9. The Hall–Kier alpha value is -7.83. The fourth-order valence-electron chi connectivity index (χ4n) is 8.60. The molecule has 8 aromatic carbocycles. The third-order valence-electron chi connectivity index (χ3n) is 11.2. The fraction of sp³-hybridized carbons (Fsp3) is 0. The molecule has 0 N–H and O–H groups in total. The summed E-state index contributed by atoms with van der Waals surface area (Å²) in [5, 5.41) is 6.71. The predicted molar refractivity (Wildman–Crippen MR) is 232 cm³/mol. The van der Waals surface area contributed by atoms with Crippen LogP contribution in [0.5, 0.6) is 0 Å². The number of hydrogen-bond acceptors (Lipinski definition) is 4. The van der Waals surface area contributed by atoms with Gasteiger partial charge in [-0.05, 0) is 72.8 Å². The highest BCUT2D eigenvalue weighted by Gasteiger charge is 2.21. The molecule has 6 heteroatoms. The maximum absolute atomic E-state index is 6.91. The van der Waals surface area contributed by atoms with Crippen LogP contribution in [0.15, 0.2) is 192 Å². The molecule has 0 aliphatic heterocycles. The highest BCUT2D eigenvalue weighted by Crippen LogP contribution is 2.43. The number of rotatable bonds is 5. The van der Waals surface area contributed by atoms with E-state index in [2.05, 4.69) is 137 Å². The van der Waals surface area contributed by atoms with E-state index in [1.54, 1.807) is 0 Å². The zero-order chi connectivity index (χ0) is 37.5. The quantitative estimate of drug-likeness (QED) is 0.177. The van der Waals surface area contributed by atoms with Crippen LogP contribution in [0.2, 0.25) is 0 Å². The third-order valence-corrected chi connectivity index (χ3v) is 11.2. The van der Waals surface area contributed by atoms with Crippen molar-refractivity contribution in [3.8, 4) is 45.5 Å². The SMILES string of the molecule is c1ccc(-c2nc(-c3ccccc3)nc(-c3ccc4c(c3)c3c5oc6ccc(-n7c8ccccc8c8ccccc87)cc6c5ccc3n4-c3ccccc3)n2)cc1. The molecule has 12 aromatic rings. The number of fused-ring (bicyclic) bond motifs is 10. The van der Waals surface area contributed by atoms with E-state index in [0.717, 1.165) is 71.8 Å². The largest absolute Gasteiger partial charge is 0.455 e. The van der Waals surface area contributed by atoms with E-state index in [-0.39, 0.29) is 0 Å². The van der Waals surface area contributed by atoms with Crippen molar-refractivity contribution in [3.63, 3.8) is 0 Å². The van der Waals surface area contributed by atoms with E-state index in [1.807, 2.05) is 60.7 Å². The van der Waals surface area contributed by atoms with Gasteiger partial charge in [0.1, 0.15) is 11.2 Å². The first-order valence-corrected chi connectivity index (χ1v) is 19.1. The van der Waals surface area contributed by atoms with Crippen LogP contribution in [0, 0.1) is 0 Å². The van der Waals surface area contributed by atoms with Crippen LogP contribution >= 0.6 is 0 Å². The lowest BCUT2D eigenvalue weighted by molar-refractivity contribution is 0.673. The van der Waals surface area contributed by atoms with Crippen LogP contribution in [0.1, 0.15) is 0 Å². The lowest BCUT2D eigenvalue weighted by Gasteiger charge is -2.09. The summed E-state index contributed by atoms with van der Waals surface area (Å²) in [6, 6.07) is 65.5. The van der Waals surface area contributed by atoms with Gasteiger partial charge in [0.15, 0.2) is 17.5 Å². The molecule has 0 unspecified atom stereocenters. The van der Waals surface area contributed by atoms with Gasteiger partial charge in [0, 0.05) is 55.0 Å². The molecule has 57 heavy (non-hydrogen) atoms. The lowest BCUT2D eigenvalue weighted by atomic mass is 10.1. The summed E-state index contributed by atoms with van der Waals surface area (Å²) in [5.74, 6) is 1.87. The Morgan fingerprint density at radius 3 is 1.51 bits per heavy atom. The van der Waals surface area contributed by atoms with Gasteiger partial charge in [0.05, 0.1) is 27.5 Å². The Bertz CT molecular complexity index is 3400. The minimum Gasteiger partial charge on any atom is -0.455 e. The van der Waals surface area contributed by atoms with Crippen molar-refractivity contribution >= 4 is 65.6 Å². The van der Waals surface area contributed by atoms with Crippen LogP contribution in [-0.2, 0) is 0 Å². The minimum absolute atomic E-state index is 0.609. The molecule has 266 valence electrons. The first-order valence-electron chi connectivity index (χ1n) is 19.1. The molecule has 0 aliphatic rings. The molecule has 0 amide bonds. The van der Waals surface area contributed by atoms with E-state index < -0.39 is 0 Å². The van der Waals surface area contributed by atoms with Gasteiger partial charge in [0.25, 0.3) is 0 Å². The highest BCUT2D eigenvalue weighted by molar-refractivity contribution is 6.24. The van der Waals surface area contributed by atoms with Gasteiger partial charge in [-0.15, -0.1) is 0 Å². The number of hydrogen-bond donors (Lipinski definition) is 0. The van der Waals surface area contributed by atoms with Crippen molar-refractivity contribution < 1.29 is 4.42 Å². The molecule has 0 saturated heterocycles. The van der Waals surface area contributed by atoms with Crippen LogP contribution in [-0.4, -0.2) is 24.1 Å². The number of para-hydroxylation sites is 3. The zero-order valence-corrected chi connectivity index (χ0v) is 30.5. The van der Waals surface area contributed by atoms with Crippen molar-refractivity contribution in [3.05, 3.63) is 188 Å². The molecule has 4 aromatic heterocycles. The average Bonchev–Trinajstić information content (AvgIpc) is 3.94. The average molecular weight is 730 g/mol. The fourth-order valence-corrected chi connectivity index (χ4v) is 8.60. The van der Waals surface area contributed by atoms with Crippen molar-refractivity contribution in [2.24, 2.45) is 0 Å². The summed E-state index contributed by atoms with van der Waals surface area (Å²) in [6.45, 7) is 0. The molecule has 0 aliphatic carbocycles. The lowest BCUT2D eigenvalue weighted by Crippen LogP contribution is -2.00. The van der Waals surface area contributed by atoms with Gasteiger partial charge < -0.3 is 13.6 Å². The molecular weight excluding hydrogens is 699 g/mol. The van der Waals surface area contributed by atoms with Crippen molar-refractivity contribution in [1.82, 2.24) is 24.1 Å². The molecule has 0 fully saturated rings. The second-order valence-electron chi connectivity index (χ2n) is 14.4. The Morgan fingerprint density at radius 1 is 0.333 bits per heavy atom. The van der Waals surface area contributed by atoms with E-state index in [1.165, 1.54) is 21.8 Å². The highest BCUT2D eigenvalue weighted by atomic mass is 16.3. The Labute approximate surface area is 326 Å². The van der Waals surface area contributed by atoms with Crippen molar-refractivity contribution in [1.29, 1.82) is 0 Å². The van der Waals surface area contributed by atoms with E-state index >= 15 is 0 Å². The number of aromatic nitrogens is 5. The van der Waals surface area contributed by atoms with Gasteiger partial charge in [0.2, 0.25) is 0 Å². The second kappa shape index (κ2) is 12.3. The molecule has 0 radical (unpaired) electrons. The van der Waals surface area contributed by atoms with Gasteiger partial charge in [-0.3, -0.25) is 0 Å². The molecule has 0 saturated carbocycles. The summed E-state index contributed by atoms with van der Waals surface area (Å²) in [6.07, 6.45) is 0. The van der Waals surface area contributed by atoms with Crippen molar-refractivity contribution in [2.75, 3.05) is 0 Å². The van der Waals surface area contributed by atoms with Crippen LogP contribution < -0.4 is 0 Å². The molecule has 6 nitrogen and oxygen atoms in total. The van der Waals surface area contributed by atoms with Gasteiger partial charge >= 0.3 is 0 Å². The third kappa shape index (κ3) is 4.87. The van der Waals surface area contributed by atoms with Crippen LogP contribution in [0.25, 0.3) is 111 Å². The summed E-state index contributed by atoms with van der Waals surface area (Å²) in [7, 11) is 0. The van der Waals surface area contributed by atoms with Crippen molar-refractivity contribution in [2.45, 2.75) is 0 Å². The molecule has 0 spiro atoms. The van der Waals surface area contributed by atoms with Gasteiger partial charge in [-0.2, -0.15) is 0 Å². The number of benzene rings is 8. The zero-order valence-electron chi connectivity index (χ0n) is 30.5. The monoisotopic (exact) mass is 729 g/mol. The topological polar surface area (TPSA) is 61.7 Å². The predicted octanol–water partition coefficient (Wildman–Crippen LogP) is 13.0. The molecule has 12 rings (SSSR count). The van der Waals surface area contributed by atoms with Gasteiger partial charge in [-0.25, -0.2) is 15.0 Å². The first kappa shape index (κ1) is 31.5. The Balaban J connectivity index is 1.12. The van der Waals surface area contributed by atoms with Gasteiger partial charge in [-0.1, -0.05) is 115 Å². The molecule has 0 atom stereocenters. The standard InChI is InChI=1S/C51H31N5O/c1-4-14-32(15-5-1)49-52-50(33-16-6-2-7-17-33)54-51(53-49)34-24-27-44-41(30-34)47-45(55(44)35-18-8-3-9-19-35)28-26-39-40-31-36(25-29-46(40)57-48(39)47)56-42-22-12-10-20-37(42)38-21-11-13-23-43(38)56/h1-31H. The summed E-state index contributed by atoms with van der Waals surface area (Å²) in [5.41, 5.74) is 11.1. The van der Waals surface area contributed by atoms with E-state index in [4.69, 9.17) is 19.4 Å². The summed E-state index contributed by atoms with van der Waals surface area (Å²) < 4.78 is 11.6.